The Morgan fingerprint density at radius 2 is 1.85 bits per heavy atom. The minimum Gasteiger partial charge on any atom is -0.301 e. The van der Waals surface area contributed by atoms with Crippen LogP contribution in [0.3, 0.4) is 0 Å². The predicted octanol–water partition coefficient (Wildman–Crippen LogP) is 2.81. The van der Waals surface area contributed by atoms with Gasteiger partial charge in [0.25, 0.3) is 0 Å². The Hall–Kier alpha value is -0.480. The third-order valence-electron chi connectivity index (χ3n) is 2.96. The molecule has 1 atom stereocenters. The molecule has 0 fully saturated rings. The van der Waals surface area contributed by atoms with Gasteiger partial charge >= 0.3 is 0 Å². The molecule has 0 aliphatic heterocycles. The zero-order valence-corrected chi connectivity index (χ0v) is 9.48. The lowest BCUT2D eigenvalue weighted by Gasteiger charge is -2.26. The third kappa shape index (κ3) is 4.33. The van der Waals surface area contributed by atoms with Crippen molar-refractivity contribution in [3.8, 4) is 12.3 Å². The average Bonchev–Trinajstić information content (AvgIpc) is 2.19. The molecule has 0 aliphatic rings. The summed E-state index contributed by atoms with van der Waals surface area (Å²) in [5.74, 6) is 3.58. The number of hydrogen-bond acceptors (Lipinski definition) is 1. The fraction of sp³-hybridized carbons (Fsp3) is 0.833. The maximum absolute atomic E-state index is 5.47. The molecule has 0 spiro atoms. The van der Waals surface area contributed by atoms with Crippen molar-refractivity contribution < 1.29 is 0 Å². The van der Waals surface area contributed by atoms with E-state index in [9.17, 15) is 0 Å². The topological polar surface area (TPSA) is 12.0 Å². The summed E-state index contributed by atoms with van der Waals surface area (Å²) in [5.41, 5.74) is -0.109. The molecule has 1 nitrogen and oxygen atoms in total. The second-order valence-electron chi connectivity index (χ2n) is 3.89. The van der Waals surface area contributed by atoms with Gasteiger partial charge in [0.2, 0.25) is 0 Å². The highest BCUT2D eigenvalue weighted by Gasteiger charge is 2.18. The van der Waals surface area contributed by atoms with E-state index in [0.717, 1.165) is 18.9 Å². The van der Waals surface area contributed by atoms with Gasteiger partial charge in [0, 0.05) is 0 Å². The first-order chi connectivity index (χ1) is 6.11. The second-order valence-corrected chi connectivity index (χ2v) is 3.89. The van der Waals surface area contributed by atoms with Gasteiger partial charge in [-0.1, -0.05) is 39.5 Å². The van der Waals surface area contributed by atoms with E-state index in [4.69, 9.17) is 6.42 Å². The molecule has 13 heavy (non-hydrogen) atoms. The predicted molar refractivity (Wildman–Crippen MR) is 59.6 cm³/mol. The van der Waals surface area contributed by atoms with Gasteiger partial charge < -0.3 is 5.32 Å². The van der Waals surface area contributed by atoms with E-state index in [2.05, 4.69) is 38.9 Å². The second kappa shape index (κ2) is 6.05. The summed E-state index contributed by atoms with van der Waals surface area (Å²) in [7, 11) is 0. The van der Waals surface area contributed by atoms with Gasteiger partial charge in [0.15, 0.2) is 0 Å². The summed E-state index contributed by atoms with van der Waals surface area (Å²) >= 11 is 0. The molecule has 0 heterocycles. The van der Waals surface area contributed by atoms with E-state index in [-0.39, 0.29) is 5.54 Å². The van der Waals surface area contributed by atoms with Crippen LogP contribution in [0, 0.1) is 18.3 Å². The van der Waals surface area contributed by atoms with Crippen molar-refractivity contribution in [1.29, 1.82) is 0 Å². The Bertz CT molecular complexity index is 164. The molecular formula is C12H23N. The van der Waals surface area contributed by atoms with Crippen LogP contribution in [0.4, 0.5) is 0 Å². The first-order valence-electron chi connectivity index (χ1n) is 5.34. The summed E-state index contributed by atoms with van der Waals surface area (Å²) in [6, 6.07) is 0. The third-order valence-corrected chi connectivity index (χ3v) is 2.96. The van der Waals surface area contributed by atoms with Gasteiger partial charge in [-0.15, -0.1) is 6.42 Å². The van der Waals surface area contributed by atoms with E-state index in [1.807, 2.05) is 0 Å². The standard InChI is InChI=1S/C12H23N/c1-6-11(7-2)10-13-12(5,8-3)9-4/h3,11,13H,6-7,9-10H2,1-2,4-5H3. The Balaban J connectivity index is 3.92. The zero-order valence-electron chi connectivity index (χ0n) is 9.48. The monoisotopic (exact) mass is 181 g/mol. The van der Waals surface area contributed by atoms with Crippen LogP contribution < -0.4 is 5.32 Å². The van der Waals surface area contributed by atoms with Crippen molar-refractivity contribution in [3.05, 3.63) is 0 Å². The molecule has 0 saturated carbocycles. The molecule has 1 unspecified atom stereocenters. The van der Waals surface area contributed by atoms with E-state index >= 15 is 0 Å². The molecule has 1 N–H and O–H groups in total. The lowest BCUT2D eigenvalue weighted by Crippen LogP contribution is -2.42. The zero-order chi connectivity index (χ0) is 10.3. The normalized spacial score (nSPS) is 15.4. The van der Waals surface area contributed by atoms with Crippen LogP contribution in [-0.4, -0.2) is 12.1 Å². The van der Waals surface area contributed by atoms with Crippen LogP contribution in [0.25, 0.3) is 0 Å². The van der Waals surface area contributed by atoms with Crippen molar-refractivity contribution in [2.24, 2.45) is 5.92 Å². The Kier molecular flexibility index (Phi) is 5.82. The lowest BCUT2D eigenvalue weighted by molar-refractivity contribution is 0.368. The summed E-state index contributed by atoms with van der Waals surface area (Å²) < 4.78 is 0. The molecule has 0 aromatic rings. The summed E-state index contributed by atoms with van der Waals surface area (Å²) in [6.45, 7) is 9.72. The molecule has 1 heteroatoms. The fourth-order valence-electron chi connectivity index (χ4n) is 1.23. The SMILES string of the molecule is C#CC(C)(CC)NCC(CC)CC. The van der Waals surface area contributed by atoms with Crippen LogP contribution in [0.15, 0.2) is 0 Å². The Morgan fingerprint density at radius 1 is 1.31 bits per heavy atom. The van der Waals surface area contributed by atoms with Crippen LogP contribution in [0.5, 0.6) is 0 Å². The highest BCUT2D eigenvalue weighted by molar-refractivity contribution is 5.09. The molecule has 76 valence electrons. The van der Waals surface area contributed by atoms with Gasteiger partial charge in [-0.2, -0.15) is 0 Å². The molecule has 0 saturated heterocycles. The smallest absolute Gasteiger partial charge is 0.0767 e. The van der Waals surface area contributed by atoms with Crippen molar-refractivity contribution in [2.75, 3.05) is 6.54 Å². The van der Waals surface area contributed by atoms with Crippen LogP contribution in [-0.2, 0) is 0 Å². The van der Waals surface area contributed by atoms with Crippen molar-refractivity contribution in [3.63, 3.8) is 0 Å². The van der Waals surface area contributed by atoms with E-state index in [1.165, 1.54) is 12.8 Å². The first kappa shape index (κ1) is 12.5. The Morgan fingerprint density at radius 3 is 2.15 bits per heavy atom. The number of rotatable bonds is 6. The van der Waals surface area contributed by atoms with E-state index in [0.29, 0.717) is 0 Å². The summed E-state index contributed by atoms with van der Waals surface area (Å²) in [6.07, 6.45) is 8.92. The van der Waals surface area contributed by atoms with Crippen molar-refractivity contribution >= 4 is 0 Å². The summed E-state index contributed by atoms with van der Waals surface area (Å²) in [4.78, 5) is 0. The van der Waals surface area contributed by atoms with Gasteiger partial charge in [-0.25, -0.2) is 0 Å². The van der Waals surface area contributed by atoms with Crippen LogP contribution in [0.2, 0.25) is 0 Å². The quantitative estimate of drug-likeness (QED) is 0.621. The minimum atomic E-state index is -0.109. The van der Waals surface area contributed by atoms with Crippen LogP contribution in [0.1, 0.15) is 47.0 Å². The molecule has 0 aromatic carbocycles. The molecule has 0 aliphatic carbocycles. The minimum absolute atomic E-state index is 0.109. The van der Waals surface area contributed by atoms with Gasteiger partial charge in [0.1, 0.15) is 0 Å². The highest BCUT2D eigenvalue weighted by Crippen LogP contribution is 2.11. The van der Waals surface area contributed by atoms with Crippen molar-refractivity contribution in [2.45, 2.75) is 52.5 Å². The van der Waals surface area contributed by atoms with E-state index < -0.39 is 0 Å². The lowest BCUT2D eigenvalue weighted by atomic mass is 9.97. The van der Waals surface area contributed by atoms with E-state index in [1.54, 1.807) is 0 Å². The summed E-state index contributed by atoms with van der Waals surface area (Å²) in [5, 5.41) is 3.46. The largest absolute Gasteiger partial charge is 0.301 e. The number of terminal acetylenes is 1. The molecule has 0 aromatic heterocycles. The molecule has 0 bridgehead atoms. The maximum atomic E-state index is 5.47. The number of hydrogen-bond donors (Lipinski definition) is 1. The molecule has 0 rings (SSSR count). The van der Waals surface area contributed by atoms with Crippen LogP contribution >= 0.6 is 0 Å². The van der Waals surface area contributed by atoms with Gasteiger partial charge in [-0.05, 0) is 25.8 Å². The maximum Gasteiger partial charge on any atom is 0.0767 e. The Labute approximate surface area is 83.3 Å². The molecule has 0 amide bonds. The highest BCUT2D eigenvalue weighted by atomic mass is 15.0. The van der Waals surface area contributed by atoms with Gasteiger partial charge in [-0.3, -0.25) is 0 Å². The average molecular weight is 181 g/mol. The number of nitrogens with one attached hydrogen (secondary N) is 1. The van der Waals surface area contributed by atoms with Gasteiger partial charge in [0.05, 0.1) is 5.54 Å². The first-order valence-corrected chi connectivity index (χ1v) is 5.34. The molecular weight excluding hydrogens is 158 g/mol. The fourth-order valence-corrected chi connectivity index (χ4v) is 1.23. The van der Waals surface area contributed by atoms with Crippen molar-refractivity contribution in [1.82, 2.24) is 5.32 Å². The molecule has 0 radical (unpaired) electrons.